The SMILES string of the molecule is CNC(=O)C[C@H]1CN(C(=O)OC(C)(C)C)CCN1C(c1ccccc1)c1ccccc1. The lowest BCUT2D eigenvalue weighted by Crippen LogP contribution is -2.57. The van der Waals surface area contributed by atoms with Crippen LogP contribution in [0.1, 0.15) is 44.4 Å². The molecule has 1 aliphatic heterocycles. The van der Waals surface area contributed by atoms with Gasteiger partial charge in [0.05, 0.1) is 6.04 Å². The van der Waals surface area contributed by atoms with Gasteiger partial charge in [0, 0.05) is 39.1 Å². The number of carbonyl (C=O) groups is 2. The summed E-state index contributed by atoms with van der Waals surface area (Å²) in [7, 11) is 1.65. The second kappa shape index (κ2) is 9.96. The van der Waals surface area contributed by atoms with Crippen molar-refractivity contribution < 1.29 is 14.3 Å². The third kappa shape index (κ3) is 6.07. The van der Waals surface area contributed by atoms with Crippen LogP contribution in [0.3, 0.4) is 0 Å². The van der Waals surface area contributed by atoms with Gasteiger partial charge in [0.2, 0.25) is 5.91 Å². The van der Waals surface area contributed by atoms with E-state index in [1.807, 2.05) is 57.2 Å². The molecule has 0 aliphatic carbocycles. The zero-order valence-corrected chi connectivity index (χ0v) is 18.9. The summed E-state index contributed by atoms with van der Waals surface area (Å²) in [6, 6.07) is 20.5. The molecule has 0 saturated carbocycles. The lowest BCUT2D eigenvalue weighted by atomic mass is 9.93. The Hall–Kier alpha value is -2.86. The molecule has 1 heterocycles. The van der Waals surface area contributed by atoms with Crippen molar-refractivity contribution in [1.82, 2.24) is 15.1 Å². The Bertz CT molecular complexity index is 825. The quantitative estimate of drug-likeness (QED) is 0.794. The van der Waals surface area contributed by atoms with Crippen molar-refractivity contribution in [3.8, 4) is 0 Å². The van der Waals surface area contributed by atoms with Gasteiger partial charge in [-0.25, -0.2) is 4.79 Å². The fourth-order valence-corrected chi connectivity index (χ4v) is 4.05. The van der Waals surface area contributed by atoms with Gasteiger partial charge in [-0.15, -0.1) is 0 Å². The van der Waals surface area contributed by atoms with Crippen LogP contribution in [0.4, 0.5) is 4.79 Å². The maximum absolute atomic E-state index is 12.7. The molecular weight excluding hydrogens is 390 g/mol. The standard InChI is InChI=1S/C25H33N3O3/c1-25(2,3)31-24(30)27-15-16-28(21(18-27)17-22(29)26-4)23(19-11-7-5-8-12-19)20-13-9-6-10-14-20/h5-14,21,23H,15-18H2,1-4H3,(H,26,29)/t21-/m0/s1. The molecule has 0 aromatic heterocycles. The van der Waals surface area contributed by atoms with E-state index in [0.717, 1.165) is 0 Å². The van der Waals surface area contributed by atoms with E-state index in [1.54, 1.807) is 11.9 Å². The Morgan fingerprint density at radius 3 is 2.03 bits per heavy atom. The number of benzene rings is 2. The number of nitrogens with zero attached hydrogens (tertiary/aromatic N) is 2. The van der Waals surface area contributed by atoms with Crippen LogP contribution in [0, 0.1) is 0 Å². The summed E-state index contributed by atoms with van der Waals surface area (Å²) in [4.78, 5) is 29.1. The number of nitrogens with one attached hydrogen (secondary N) is 1. The molecule has 6 nitrogen and oxygen atoms in total. The van der Waals surface area contributed by atoms with E-state index in [9.17, 15) is 9.59 Å². The van der Waals surface area contributed by atoms with Crippen molar-refractivity contribution in [3.05, 3.63) is 71.8 Å². The van der Waals surface area contributed by atoms with Gasteiger partial charge in [-0.2, -0.15) is 0 Å². The summed E-state index contributed by atoms with van der Waals surface area (Å²) in [5, 5.41) is 2.73. The normalized spacial score (nSPS) is 17.5. The van der Waals surface area contributed by atoms with E-state index < -0.39 is 5.60 Å². The first-order valence-corrected chi connectivity index (χ1v) is 10.8. The largest absolute Gasteiger partial charge is 0.444 e. The molecular formula is C25H33N3O3. The molecule has 1 atom stereocenters. The molecule has 0 unspecified atom stereocenters. The van der Waals surface area contributed by atoms with Gasteiger partial charge in [-0.3, -0.25) is 9.69 Å². The van der Waals surface area contributed by atoms with E-state index in [2.05, 4.69) is 34.5 Å². The smallest absolute Gasteiger partial charge is 0.410 e. The van der Waals surface area contributed by atoms with Crippen LogP contribution in [0.5, 0.6) is 0 Å². The minimum Gasteiger partial charge on any atom is -0.444 e. The Kier molecular flexibility index (Phi) is 7.33. The fraction of sp³-hybridized carbons (Fsp3) is 0.440. The van der Waals surface area contributed by atoms with Crippen LogP contribution >= 0.6 is 0 Å². The van der Waals surface area contributed by atoms with E-state index >= 15 is 0 Å². The van der Waals surface area contributed by atoms with Crippen LogP contribution in [-0.2, 0) is 9.53 Å². The molecule has 166 valence electrons. The monoisotopic (exact) mass is 423 g/mol. The van der Waals surface area contributed by atoms with Crippen LogP contribution < -0.4 is 5.32 Å². The van der Waals surface area contributed by atoms with Gasteiger partial charge in [-0.1, -0.05) is 60.7 Å². The van der Waals surface area contributed by atoms with Gasteiger partial charge in [-0.05, 0) is 31.9 Å². The molecule has 1 aliphatic rings. The van der Waals surface area contributed by atoms with Crippen molar-refractivity contribution in [2.24, 2.45) is 0 Å². The molecule has 1 N–H and O–H groups in total. The first kappa shape index (κ1) is 22.8. The Balaban J connectivity index is 1.92. The molecule has 3 rings (SSSR count). The van der Waals surface area contributed by atoms with E-state index in [4.69, 9.17) is 4.74 Å². The number of carbonyl (C=O) groups excluding carboxylic acids is 2. The van der Waals surface area contributed by atoms with E-state index in [-0.39, 0.29) is 24.1 Å². The number of amides is 2. The predicted molar refractivity (Wildman–Crippen MR) is 122 cm³/mol. The minimum absolute atomic E-state index is 0.00200. The number of hydrogen-bond donors (Lipinski definition) is 1. The highest BCUT2D eigenvalue weighted by Crippen LogP contribution is 2.33. The molecule has 0 radical (unpaired) electrons. The predicted octanol–water partition coefficient (Wildman–Crippen LogP) is 3.83. The average Bonchev–Trinajstić information content (AvgIpc) is 2.75. The topological polar surface area (TPSA) is 61.9 Å². The van der Waals surface area contributed by atoms with Crippen molar-refractivity contribution in [2.75, 3.05) is 26.7 Å². The molecule has 2 aromatic carbocycles. The number of ether oxygens (including phenoxy) is 1. The van der Waals surface area contributed by atoms with Gasteiger partial charge in [0.15, 0.2) is 0 Å². The van der Waals surface area contributed by atoms with Gasteiger partial charge in [0.25, 0.3) is 0 Å². The fourth-order valence-electron chi connectivity index (χ4n) is 4.05. The average molecular weight is 424 g/mol. The van der Waals surface area contributed by atoms with Crippen LogP contribution in [-0.4, -0.2) is 60.1 Å². The van der Waals surface area contributed by atoms with Crippen molar-refractivity contribution >= 4 is 12.0 Å². The maximum atomic E-state index is 12.7. The molecule has 1 fully saturated rings. The highest BCUT2D eigenvalue weighted by Gasteiger charge is 2.37. The van der Waals surface area contributed by atoms with Crippen LogP contribution in [0.25, 0.3) is 0 Å². The van der Waals surface area contributed by atoms with Crippen molar-refractivity contribution in [1.29, 1.82) is 0 Å². The highest BCUT2D eigenvalue weighted by molar-refractivity contribution is 5.76. The number of piperazine rings is 1. The van der Waals surface area contributed by atoms with Crippen molar-refractivity contribution in [3.63, 3.8) is 0 Å². The van der Waals surface area contributed by atoms with E-state index in [1.165, 1.54) is 11.1 Å². The molecule has 0 bridgehead atoms. The Morgan fingerprint density at radius 2 is 1.55 bits per heavy atom. The lowest BCUT2D eigenvalue weighted by molar-refractivity contribution is -0.122. The summed E-state index contributed by atoms with van der Waals surface area (Å²) < 4.78 is 5.59. The van der Waals surface area contributed by atoms with Crippen molar-refractivity contribution in [2.45, 2.75) is 44.9 Å². The van der Waals surface area contributed by atoms with Crippen LogP contribution in [0.2, 0.25) is 0 Å². The summed E-state index contributed by atoms with van der Waals surface area (Å²) in [6.45, 7) is 7.24. The van der Waals surface area contributed by atoms with Gasteiger partial charge < -0.3 is 15.0 Å². The third-order valence-corrected chi connectivity index (χ3v) is 5.44. The van der Waals surface area contributed by atoms with Crippen LogP contribution in [0.15, 0.2) is 60.7 Å². The summed E-state index contributed by atoms with van der Waals surface area (Å²) in [5.41, 5.74) is 1.78. The number of rotatable bonds is 5. The summed E-state index contributed by atoms with van der Waals surface area (Å²) in [5.74, 6) is -0.0408. The zero-order chi connectivity index (χ0) is 22.4. The first-order valence-electron chi connectivity index (χ1n) is 10.8. The molecule has 31 heavy (non-hydrogen) atoms. The summed E-state index contributed by atoms with van der Waals surface area (Å²) >= 11 is 0. The Labute approximate surface area is 185 Å². The maximum Gasteiger partial charge on any atom is 0.410 e. The zero-order valence-electron chi connectivity index (χ0n) is 18.9. The molecule has 2 aromatic rings. The third-order valence-electron chi connectivity index (χ3n) is 5.44. The molecule has 2 amide bonds. The highest BCUT2D eigenvalue weighted by atomic mass is 16.6. The van der Waals surface area contributed by atoms with E-state index in [0.29, 0.717) is 26.1 Å². The first-order chi connectivity index (χ1) is 14.8. The summed E-state index contributed by atoms with van der Waals surface area (Å²) in [6.07, 6.45) is -0.0172. The van der Waals surface area contributed by atoms with Gasteiger partial charge in [0.1, 0.15) is 5.60 Å². The lowest BCUT2D eigenvalue weighted by Gasteiger charge is -2.45. The minimum atomic E-state index is -0.554. The second-order valence-corrected chi connectivity index (χ2v) is 8.92. The molecule has 1 saturated heterocycles. The number of hydrogen-bond acceptors (Lipinski definition) is 4. The Morgan fingerprint density at radius 1 is 1.00 bits per heavy atom. The van der Waals surface area contributed by atoms with Gasteiger partial charge >= 0.3 is 6.09 Å². The molecule has 0 spiro atoms. The molecule has 6 heteroatoms. The second-order valence-electron chi connectivity index (χ2n) is 8.92.